The van der Waals surface area contributed by atoms with Crippen molar-refractivity contribution in [1.82, 2.24) is 9.38 Å². The maximum Gasteiger partial charge on any atom is 0.137 e. The summed E-state index contributed by atoms with van der Waals surface area (Å²) >= 11 is 2.30. The number of hydrogen-bond donors (Lipinski definition) is 0. The van der Waals surface area contributed by atoms with Gasteiger partial charge in [0.1, 0.15) is 11.4 Å². The van der Waals surface area contributed by atoms with E-state index >= 15 is 0 Å². The van der Waals surface area contributed by atoms with Crippen molar-refractivity contribution in [3.63, 3.8) is 0 Å². The number of ether oxygens (including phenoxy) is 1. The van der Waals surface area contributed by atoms with Crippen LogP contribution in [0.1, 0.15) is 6.92 Å². The van der Waals surface area contributed by atoms with Gasteiger partial charge in [-0.1, -0.05) is 0 Å². The maximum atomic E-state index is 5.44. The summed E-state index contributed by atoms with van der Waals surface area (Å²) in [5, 5.41) is 0. The molecule has 0 fully saturated rings. The van der Waals surface area contributed by atoms with E-state index in [0.29, 0.717) is 6.61 Å². The zero-order valence-corrected chi connectivity index (χ0v) is 12.7. The fraction of sp³-hybridized carbons (Fsp3) is 0.133. The van der Waals surface area contributed by atoms with E-state index in [4.69, 9.17) is 4.74 Å². The van der Waals surface area contributed by atoms with Crippen molar-refractivity contribution in [1.29, 1.82) is 0 Å². The molecular formula is C15H13IN2O. The second-order valence-corrected chi connectivity index (χ2v) is 5.44. The number of pyridine rings is 1. The number of rotatable bonds is 3. The average molecular weight is 362 g/mol. The van der Waals surface area contributed by atoms with E-state index in [-0.39, 0.29) is 0 Å². The van der Waals surface area contributed by atoms with Crippen molar-refractivity contribution in [3.8, 4) is 17.0 Å². The average Bonchev–Trinajstić information content (AvgIpc) is 2.83. The number of halogens is 1. The van der Waals surface area contributed by atoms with Crippen LogP contribution < -0.4 is 4.74 Å². The van der Waals surface area contributed by atoms with Crippen molar-refractivity contribution in [2.24, 2.45) is 0 Å². The molecule has 3 rings (SSSR count). The topological polar surface area (TPSA) is 26.5 Å². The molecule has 0 spiro atoms. The van der Waals surface area contributed by atoms with E-state index in [1.165, 1.54) is 3.57 Å². The van der Waals surface area contributed by atoms with E-state index in [1.807, 2.05) is 47.9 Å². The smallest absolute Gasteiger partial charge is 0.137 e. The van der Waals surface area contributed by atoms with Crippen molar-refractivity contribution in [3.05, 3.63) is 52.4 Å². The van der Waals surface area contributed by atoms with Gasteiger partial charge in [-0.3, -0.25) is 0 Å². The van der Waals surface area contributed by atoms with Gasteiger partial charge in [-0.2, -0.15) is 0 Å². The molecule has 3 nitrogen and oxygen atoms in total. The first-order valence-electron chi connectivity index (χ1n) is 6.14. The van der Waals surface area contributed by atoms with Crippen LogP contribution in [-0.2, 0) is 0 Å². The number of aromatic nitrogens is 2. The Morgan fingerprint density at radius 2 is 1.89 bits per heavy atom. The van der Waals surface area contributed by atoms with Gasteiger partial charge < -0.3 is 9.14 Å². The molecular weight excluding hydrogens is 349 g/mol. The van der Waals surface area contributed by atoms with Crippen LogP contribution >= 0.6 is 22.6 Å². The number of hydrogen-bond acceptors (Lipinski definition) is 2. The molecule has 0 atom stereocenters. The Kier molecular flexibility index (Phi) is 3.42. The molecule has 2 heterocycles. The summed E-state index contributed by atoms with van der Waals surface area (Å²) in [6.07, 6.45) is 4.12. The molecule has 4 heteroatoms. The van der Waals surface area contributed by atoms with Crippen LogP contribution in [0.4, 0.5) is 0 Å². The molecule has 1 aromatic carbocycles. The Labute approximate surface area is 125 Å². The lowest BCUT2D eigenvalue weighted by atomic mass is 10.2. The van der Waals surface area contributed by atoms with Gasteiger partial charge in [-0.05, 0) is 65.9 Å². The number of fused-ring (bicyclic) bond motifs is 1. The molecule has 0 unspecified atom stereocenters. The normalized spacial score (nSPS) is 10.8. The third-order valence-corrected chi connectivity index (χ3v) is 3.51. The molecule has 0 aliphatic heterocycles. The minimum absolute atomic E-state index is 0.687. The third-order valence-electron chi connectivity index (χ3n) is 2.88. The maximum absolute atomic E-state index is 5.44. The third kappa shape index (κ3) is 2.58. The molecule has 2 aromatic heterocycles. The van der Waals surface area contributed by atoms with Crippen LogP contribution in [0.25, 0.3) is 16.9 Å². The fourth-order valence-electron chi connectivity index (χ4n) is 1.99. The molecule has 0 amide bonds. The van der Waals surface area contributed by atoms with Crippen molar-refractivity contribution >= 4 is 28.2 Å². The minimum Gasteiger partial charge on any atom is -0.494 e. The molecule has 3 aromatic rings. The van der Waals surface area contributed by atoms with Gasteiger partial charge in [-0.25, -0.2) is 4.98 Å². The highest BCUT2D eigenvalue weighted by Gasteiger charge is 2.04. The fourth-order valence-corrected chi connectivity index (χ4v) is 2.47. The molecule has 19 heavy (non-hydrogen) atoms. The van der Waals surface area contributed by atoms with E-state index in [0.717, 1.165) is 22.7 Å². The highest BCUT2D eigenvalue weighted by molar-refractivity contribution is 14.1. The van der Waals surface area contributed by atoms with E-state index < -0.39 is 0 Å². The predicted molar refractivity (Wildman–Crippen MR) is 84.5 cm³/mol. The molecule has 0 saturated heterocycles. The first-order chi connectivity index (χ1) is 9.26. The Morgan fingerprint density at radius 1 is 1.11 bits per heavy atom. The highest BCUT2D eigenvalue weighted by atomic mass is 125. The second kappa shape index (κ2) is 5.21. The van der Waals surface area contributed by atoms with Crippen LogP contribution in [0.2, 0.25) is 0 Å². The van der Waals surface area contributed by atoms with E-state index in [9.17, 15) is 0 Å². The SMILES string of the molecule is CCOc1ccc(-c2cn3cc([125I])ccc3n2)cc1. The van der Waals surface area contributed by atoms with Gasteiger partial charge in [0.2, 0.25) is 0 Å². The molecule has 0 saturated carbocycles. The van der Waals surface area contributed by atoms with E-state index in [2.05, 4.69) is 39.8 Å². The summed E-state index contributed by atoms with van der Waals surface area (Å²) in [7, 11) is 0. The number of imidazole rings is 1. The lowest BCUT2D eigenvalue weighted by Gasteiger charge is -2.02. The quantitative estimate of drug-likeness (QED) is 0.659. The minimum atomic E-state index is 0.687. The van der Waals surface area contributed by atoms with Crippen molar-refractivity contribution in [2.45, 2.75) is 6.92 Å². The molecule has 0 radical (unpaired) electrons. The van der Waals surface area contributed by atoms with E-state index in [1.54, 1.807) is 0 Å². The molecule has 0 bridgehead atoms. The summed E-state index contributed by atoms with van der Waals surface area (Å²) in [4.78, 5) is 4.62. The van der Waals surface area contributed by atoms with Gasteiger partial charge in [0.25, 0.3) is 0 Å². The zero-order chi connectivity index (χ0) is 13.2. The van der Waals surface area contributed by atoms with Gasteiger partial charge >= 0.3 is 0 Å². The largest absolute Gasteiger partial charge is 0.494 e. The van der Waals surface area contributed by atoms with Gasteiger partial charge in [-0.15, -0.1) is 0 Å². The first kappa shape index (κ1) is 12.5. The zero-order valence-electron chi connectivity index (χ0n) is 10.5. The van der Waals surface area contributed by atoms with Crippen LogP contribution in [-0.4, -0.2) is 16.0 Å². The number of nitrogens with zero attached hydrogens (tertiary/aromatic N) is 2. The summed E-state index contributed by atoms with van der Waals surface area (Å²) < 4.78 is 8.69. The standard InChI is InChI=1S/C15H13IN2O/c1-2-19-13-6-3-11(4-7-13)14-10-18-9-12(16)5-8-15(18)17-14/h3-10H,2H2,1H3/i16-2. The Hall–Kier alpha value is -1.56. The number of benzene rings is 1. The summed E-state index contributed by atoms with van der Waals surface area (Å²) in [5.74, 6) is 0.893. The Balaban J connectivity index is 1.99. The van der Waals surface area contributed by atoms with Gasteiger partial charge in [0.05, 0.1) is 12.3 Å². The molecule has 0 aliphatic rings. The van der Waals surface area contributed by atoms with Crippen molar-refractivity contribution in [2.75, 3.05) is 6.61 Å². The van der Waals surface area contributed by atoms with Crippen molar-refractivity contribution < 1.29 is 4.74 Å². The van der Waals surface area contributed by atoms with Gasteiger partial charge in [0.15, 0.2) is 0 Å². The lowest BCUT2D eigenvalue weighted by Crippen LogP contribution is -1.90. The summed E-state index contributed by atoms with van der Waals surface area (Å²) in [5.41, 5.74) is 3.04. The molecule has 0 N–H and O–H groups in total. The lowest BCUT2D eigenvalue weighted by molar-refractivity contribution is 0.340. The van der Waals surface area contributed by atoms with Crippen LogP contribution in [0.5, 0.6) is 5.75 Å². The Bertz CT molecular complexity index is 704. The van der Waals surface area contributed by atoms with Gasteiger partial charge in [0, 0.05) is 21.5 Å². The Morgan fingerprint density at radius 3 is 2.63 bits per heavy atom. The highest BCUT2D eigenvalue weighted by Crippen LogP contribution is 2.22. The van der Waals surface area contributed by atoms with Crippen LogP contribution in [0, 0.1) is 3.57 Å². The monoisotopic (exact) mass is 362 g/mol. The molecule has 96 valence electrons. The molecule has 0 aliphatic carbocycles. The first-order valence-corrected chi connectivity index (χ1v) is 7.21. The second-order valence-electron chi connectivity index (χ2n) is 4.20. The summed E-state index contributed by atoms with van der Waals surface area (Å²) in [6.45, 7) is 2.67. The predicted octanol–water partition coefficient (Wildman–Crippen LogP) is 4.00. The van der Waals surface area contributed by atoms with Crippen LogP contribution in [0.15, 0.2) is 48.8 Å². The summed E-state index contributed by atoms with van der Waals surface area (Å²) in [6, 6.07) is 12.1. The van der Waals surface area contributed by atoms with Crippen LogP contribution in [0.3, 0.4) is 0 Å².